The molecule has 0 saturated carbocycles. The smallest absolute Gasteiger partial charge is 0.341 e. The van der Waals surface area contributed by atoms with Crippen LogP contribution < -0.4 is 5.32 Å². The van der Waals surface area contributed by atoms with E-state index in [1.807, 2.05) is 0 Å². The van der Waals surface area contributed by atoms with Gasteiger partial charge in [-0.05, 0) is 31.2 Å². The molecule has 2 aromatic rings. The molecular formula is C14H13BrFNO3. The molecule has 0 spiro atoms. The minimum absolute atomic E-state index is 0.269. The molecule has 0 aliphatic carbocycles. The maximum Gasteiger partial charge on any atom is 0.341 e. The van der Waals surface area contributed by atoms with Crippen molar-refractivity contribution in [3.05, 3.63) is 51.6 Å². The SMILES string of the molecule is COC(=O)c1cc(CNc2cc(Br)ccc2F)oc1C. The molecule has 0 radical (unpaired) electrons. The Hall–Kier alpha value is -1.82. The maximum absolute atomic E-state index is 13.6. The number of rotatable bonds is 4. The molecule has 0 aliphatic heterocycles. The van der Waals surface area contributed by atoms with Crippen molar-refractivity contribution in [1.29, 1.82) is 0 Å². The highest BCUT2D eigenvalue weighted by atomic mass is 79.9. The highest BCUT2D eigenvalue weighted by Crippen LogP contribution is 2.22. The van der Waals surface area contributed by atoms with E-state index in [2.05, 4.69) is 26.0 Å². The van der Waals surface area contributed by atoms with Crippen molar-refractivity contribution in [2.75, 3.05) is 12.4 Å². The van der Waals surface area contributed by atoms with Gasteiger partial charge in [-0.25, -0.2) is 9.18 Å². The number of esters is 1. The lowest BCUT2D eigenvalue weighted by atomic mass is 10.2. The van der Waals surface area contributed by atoms with E-state index >= 15 is 0 Å². The van der Waals surface area contributed by atoms with E-state index in [1.165, 1.54) is 13.2 Å². The molecule has 106 valence electrons. The number of furan rings is 1. The second kappa shape index (κ2) is 6.09. The minimum Gasteiger partial charge on any atom is -0.465 e. The van der Waals surface area contributed by atoms with E-state index in [9.17, 15) is 9.18 Å². The molecule has 0 aliphatic rings. The second-order valence-electron chi connectivity index (χ2n) is 4.15. The van der Waals surface area contributed by atoms with Gasteiger partial charge >= 0.3 is 5.97 Å². The molecule has 0 amide bonds. The van der Waals surface area contributed by atoms with Crippen molar-refractivity contribution in [1.82, 2.24) is 0 Å². The highest BCUT2D eigenvalue weighted by molar-refractivity contribution is 9.10. The third kappa shape index (κ3) is 3.19. The fourth-order valence-electron chi connectivity index (χ4n) is 1.76. The van der Waals surface area contributed by atoms with Crippen molar-refractivity contribution in [3.63, 3.8) is 0 Å². The Morgan fingerprint density at radius 1 is 1.45 bits per heavy atom. The monoisotopic (exact) mass is 341 g/mol. The first-order chi connectivity index (χ1) is 9.51. The number of carbonyl (C=O) groups is 1. The molecule has 1 aromatic heterocycles. The molecular weight excluding hydrogens is 329 g/mol. The Morgan fingerprint density at radius 2 is 2.20 bits per heavy atom. The molecule has 0 unspecified atom stereocenters. The number of hydrogen-bond donors (Lipinski definition) is 1. The highest BCUT2D eigenvalue weighted by Gasteiger charge is 2.15. The maximum atomic E-state index is 13.6. The summed E-state index contributed by atoms with van der Waals surface area (Å²) < 4.78 is 24.4. The average molecular weight is 342 g/mol. The molecule has 1 heterocycles. The first-order valence-electron chi connectivity index (χ1n) is 5.88. The van der Waals surface area contributed by atoms with Crippen molar-refractivity contribution < 1.29 is 18.3 Å². The predicted octanol–water partition coefficient (Wildman–Crippen LogP) is 3.89. The molecule has 0 fully saturated rings. The Balaban J connectivity index is 2.11. The van der Waals surface area contributed by atoms with Crippen LogP contribution in [0.1, 0.15) is 21.9 Å². The number of benzene rings is 1. The van der Waals surface area contributed by atoms with Gasteiger partial charge in [0, 0.05) is 4.47 Å². The number of anilines is 1. The standard InChI is InChI=1S/C14H13BrFNO3/c1-8-11(14(18)19-2)6-10(20-8)7-17-13-5-9(15)3-4-12(13)16/h3-6,17H,7H2,1-2H3. The van der Waals surface area contributed by atoms with Crippen LogP contribution in [0.3, 0.4) is 0 Å². The van der Waals surface area contributed by atoms with Crippen molar-refractivity contribution in [3.8, 4) is 0 Å². The van der Waals surface area contributed by atoms with E-state index < -0.39 is 5.97 Å². The van der Waals surface area contributed by atoms with Gasteiger partial charge in [0.1, 0.15) is 22.9 Å². The van der Waals surface area contributed by atoms with Crippen LogP contribution in [0.25, 0.3) is 0 Å². The van der Waals surface area contributed by atoms with Gasteiger partial charge in [0.15, 0.2) is 0 Å². The van der Waals surface area contributed by atoms with Gasteiger partial charge in [-0.2, -0.15) is 0 Å². The number of ether oxygens (including phenoxy) is 1. The van der Waals surface area contributed by atoms with E-state index in [0.29, 0.717) is 22.8 Å². The Bertz CT molecular complexity index is 639. The summed E-state index contributed by atoms with van der Waals surface area (Å²) in [6.45, 7) is 1.95. The van der Waals surface area contributed by atoms with E-state index in [0.717, 1.165) is 4.47 Å². The number of nitrogens with one attached hydrogen (secondary N) is 1. The van der Waals surface area contributed by atoms with Crippen molar-refractivity contribution in [2.24, 2.45) is 0 Å². The number of hydrogen-bond acceptors (Lipinski definition) is 4. The number of methoxy groups -OCH3 is 1. The summed E-state index contributed by atoms with van der Waals surface area (Å²) in [7, 11) is 1.31. The minimum atomic E-state index is -0.453. The van der Waals surface area contributed by atoms with E-state index in [1.54, 1.807) is 25.1 Å². The fraction of sp³-hybridized carbons (Fsp3) is 0.214. The summed E-state index contributed by atoms with van der Waals surface area (Å²) in [5, 5.41) is 2.92. The largest absolute Gasteiger partial charge is 0.465 e. The summed E-state index contributed by atoms with van der Waals surface area (Å²) in [5.41, 5.74) is 0.729. The van der Waals surface area contributed by atoms with Crippen LogP contribution >= 0.6 is 15.9 Å². The quantitative estimate of drug-likeness (QED) is 0.857. The first kappa shape index (κ1) is 14.6. The number of carbonyl (C=O) groups excluding carboxylic acids is 1. The van der Waals surface area contributed by atoms with Crippen LogP contribution in [-0.2, 0) is 11.3 Å². The van der Waals surface area contributed by atoms with Crippen molar-refractivity contribution in [2.45, 2.75) is 13.5 Å². The zero-order chi connectivity index (χ0) is 14.7. The van der Waals surface area contributed by atoms with Gasteiger partial charge in [0.25, 0.3) is 0 Å². The van der Waals surface area contributed by atoms with Crippen molar-refractivity contribution >= 4 is 27.6 Å². The van der Waals surface area contributed by atoms with Gasteiger partial charge in [-0.1, -0.05) is 15.9 Å². The molecule has 1 N–H and O–H groups in total. The van der Waals surface area contributed by atoms with Crippen LogP contribution in [0.2, 0.25) is 0 Å². The molecule has 2 rings (SSSR count). The van der Waals surface area contributed by atoms with Crippen LogP contribution in [0.4, 0.5) is 10.1 Å². The lowest BCUT2D eigenvalue weighted by molar-refractivity contribution is 0.0599. The molecule has 6 heteroatoms. The lowest BCUT2D eigenvalue weighted by Crippen LogP contribution is -2.02. The summed E-state index contributed by atoms with van der Waals surface area (Å²) in [4.78, 5) is 11.5. The first-order valence-corrected chi connectivity index (χ1v) is 6.67. The molecule has 0 saturated heterocycles. The van der Waals surface area contributed by atoms with Crippen LogP contribution in [0, 0.1) is 12.7 Å². The summed E-state index contributed by atoms with van der Waals surface area (Å²) >= 11 is 3.28. The molecule has 20 heavy (non-hydrogen) atoms. The predicted molar refractivity (Wildman–Crippen MR) is 76.2 cm³/mol. The summed E-state index contributed by atoms with van der Waals surface area (Å²) in [6.07, 6.45) is 0. The van der Waals surface area contributed by atoms with Crippen LogP contribution in [0.5, 0.6) is 0 Å². The van der Waals surface area contributed by atoms with Gasteiger partial charge in [-0.15, -0.1) is 0 Å². The van der Waals surface area contributed by atoms with Gasteiger partial charge < -0.3 is 14.5 Å². The third-order valence-corrected chi connectivity index (χ3v) is 3.25. The molecule has 0 bridgehead atoms. The average Bonchev–Trinajstić information content (AvgIpc) is 2.80. The Kier molecular flexibility index (Phi) is 4.44. The number of aryl methyl sites for hydroxylation is 1. The second-order valence-corrected chi connectivity index (χ2v) is 5.07. The molecule has 1 aromatic carbocycles. The topological polar surface area (TPSA) is 51.5 Å². The Morgan fingerprint density at radius 3 is 2.90 bits per heavy atom. The Labute approximate surface area is 124 Å². The zero-order valence-electron chi connectivity index (χ0n) is 11.0. The lowest BCUT2D eigenvalue weighted by Gasteiger charge is -2.06. The van der Waals surface area contributed by atoms with Crippen LogP contribution in [0.15, 0.2) is 33.2 Å². The fourth-order valence-corrected chi connectivity index (χ4v) is 2.12. The molecule has 4 nitrogen and oxygen atoms in total. The normalized spacial score (nSPS) is 10.4. The number of halogens is 2. The summed E-state index contributed by atoms with van der Waals surface area (Å²) in [6, 6.07) is 6.20. The van der Waals surface area contributed by atoms with Crippen LogP contribution in [-0.4, -0.2) is 13.1 Å². The zero-order valence-corrected chi connectivity index (χ0v) is 12.6. The van der Waals surface area contributed by atoms with Gasteiger partial charge in [0.05, 0.1) is 19.3 Å². The van der Waals surface area contributed by atoms with Gasteiger partial charge in [0.2, 0.25) is 0 Å². The third-order valence-electron chi connectivity index (χ3n) is 2.76. The summed E-state index contributed by atoms with van der Waals surface area (Å²) in [5.74, 6) is 0.196. The van der Waals surface area contributed by atoms with E-state index in [-0.39, 0.29) is 12.4 Å². The molecule has 0 atom stereocenters. The van der Waals surface area contributed by atoms with E-state index in [4.69, 9.17) is 4.42 Å². The van der Waals surface area contributed by atoms with Gasteiger partial charge in [-0.3, -0.25) is 0 Å².